The quantitative estimate of drug-likeness (QED) is 0.327. The minimum absolute atomic E-state index is 0.0928. The van der Waals surface area contributed by atoms with Crippen molar-refractivity contribution in [3.8, 4) is 11.1 Å². The molecule has 35 heavy (non-hydrogen) atoms. The van der Waals surface area contributed by atoms with E-state index in [9.17, 15) is 4.79 Å². The predicted molar refractivity (Wildman–Crippen MR) is 144 cm³/mol. The summed E-state index contributed by atoms with van der Waals surface area (Å²) in [6, 6.07) is 24.9. The van der Waals surface area contributed by atoms with Crippen LogP contribution in [0.5, 0.6) is 0 Å². The summed E-state index contributed by atoms with van der Waals surface area (Å²) in [4.78, 5) is 22.7. The molecule has 0 unspecified atom stereocenters. The number of fused-ring (bicyclic) bond motifs is 1. The number of aromatic nitrogens is 1. The molecule has 0 N–H and O–H groups in total. The van der Waals surface area contributed by atoms with E-state index < -0.39 is 0 Å². The van der Waals surface area contributed by atoms with E-state index in [0.717, 1.165) is 65.7 Å². The zero-order valence-corrected chi connectivity index (χ0v) is 21.0. The number of hydrogen-bond donors (Lipinski definition) is 0. The normalized spacial score (nSPS) is 14.3. The number of benzene rings is 3. The lowest BCUT2D eigenvalue weighted by atomic mass is 10.0. The molecular formula is C29H31N3O2S. The van der Waals surface area contributed by atoms with Crippen LogP contribution in [0.3, 0.4) is 0 Å². The van der Waals surface area contributed by atoms with Gasteiger partial charge in [0, 0.05) is 26.2 Å². The summed E-state index contributed by atoms with van der Waals surface area (Å²) < 4.78 is 6.59. The van der Waals surface area contributed by atoms with Crippen molar-refractivity contribution in [3.05, 3.63) is 83.9 Å². The summed E-state index contributed by atoms with van der Waals surface area (Å²) in [5.74, 6) is 0.0928. The van der Waals surface area contributed by atoms with Gasteiger partial charge in [0.2, 0.25) is 5.91 Å². The van der Waals surface area contributed by atoms with Gasteiger partial charge in [0.05, 0.1) is 29.9 Å². The fraction of sp³-hybridized carbons (Fsp3) is 0.310. The number of morpholine rings is 1. The molecule has 0 spiro atoms. The number of carbonyl (C=O) groups excluding carboxylic acids is 1. The van der Waals surface area contributed by atoms with Crippen molar-refractivity contribution in [2.24, 2.45) is 0 Å². The highest BCUT2D eigenvalue weighted by Gasteiger charge is 2.21. The first kappa shape index (κ1) is 23.7. The van der Waals surface area contributed by atoms with Gasteiger partial charge in [-0.05, 0) is 47.7 Å². The molecule has 0 radical (unpaired) electrons. The predicted octanol–water partition coefficient (Wildman–Crippen LogP) is 5.57. The number of carbonyl (C=O) groups is 1. The summed E-state index contributed by atoms with van der Waals surface area (Å²) in [6.07, 6.45) is 1.27. The summed E-state index contributed by atoms with van der Waals surface area (Å²) in [5.41, 5.74) is 5.51. The second kappa shape index (κ2) is 11.1. The van der Waals surface area contributed by atoms with Crippen molar-refractivity contribution in [2.45, 2.75) is 19.8 Å². The summed E-state index contributed by atoms with van der Waals surface area (Å²) in [7, 11) is 0. The van der Waals surface area contributed by atoms with Crippen LogP contribution in [0.25, 0.3) is 21.3 Å². The Labute approximate surface area is 211 Å². The van der Waals surface area contributed by atoms with Crippen molar-refractivity contribution in [2.75, 3.05) is 44.3 Å². The summed E-state index contributed by atoms with van der Waals surface area (Å²) in [5, 5.41) is 0.790. The van der Waals surface area contributed by atoms with Crippen LogP contribution in [0.1, 0.15) is 17.5 Å². The van der Waals surface area contributed by atoms with Gasteiger partial charge in [0.1, 0.15) is 0 Å². The molecule has 1 saturated heterocycles. The highest BCUT2D eigenvalue weighted by Crippen LogP contribution is 2.30. The Bertz CT molecular complexity index is 1260. The third-order valence-corrected chi connectivity index (χ3v) is 7.48. The number of hydrogen-bond acceptors (Lipinski definition) is 5. The third kappa shape index (κ3) is 5.96. The SMILES string of the molecule is Cc1ccc2nc(N(CCCN3CCOCC3)C(=O)Cc3ccc(-c4ccccc4)cc3)sc2c1. The molecule has 1 amide bonds. The fourth-order valence-corrected chi connectivity index (χ4v) is 5.56. The first-order chi connectivity index (χ1) is 17.2. The molecule has 0 bridgehead atoms. The first-order valence-corrected chi connectivity index (χ1v) is 13.1. The Morgan fingerprint density at radius 2 is 1.74 bits per heavy atom. The first-order valence-electron chi connectivity index (χ1n) is 12.3. The molecule has 1 aliphatic heterocycles. The number of aryl methyl sites for hydroxylation is 1. The molecule has 4 aromatic rings. The molecule has 6 heteroatoms. The van der Waals surface area contributed by atoms with Crippen molar-refractivity contribution in [1.82, 2.24) is 9.88 Å². The summed E-state index contributed by atoms with van der Waals surface area (Å²) >= 11 is 1.60. The zero-order chi connectivity index (χ0) is 24.0. The van der Waals surface area contributed by atoms with E-state index in [1.54, 1.807) is 11.3 Å². The van der Waals surface area contributed by atoms with Crippen LogP contribution in [-0.4, -0.2) is 55.2 Å². The van der Waals surface area contributed by atoms with Gasteiger partial charge >= 0.3 is 0 Å². The van der Waals surface area contributed by atoms with Crippen molar-refractivity contribution >= 4 is 32.6 Å². The molecule has 1 fully saturated rings. The molecule has 3 aromatic carbocycles. The van der Waals surface area contributed by atoms with E-state index >= 15 is 0 Å². The van der Waals surface area contributed by atoms with Gasteiger partial charge in [0.25, 0.3) is 0 Å². The van der Waals surface area contributed by atoms with Gasteiger partial charge in [0.15, 0.2) is 5.13 Å². The van der Waals surface area contributed by atoms with Crippen molar-refractivity contribution in [1.29, 1.82) is 0 Å². The minimum atomic E-state index is 0.0928. The van der Waals surface area contributed by atoms with Crippen LogP contribution in [-0.2, 0) is 16.0 Å². The maximum Gasteiger partial charge on any atom is 0.233 e. The number of thiazole rings is 1. The molecule has 180 valence electrons. The van der Waals surface area contributed by atoms with E-state index in [2.05, 4.69) is 60.4 Å². The Balaban J connectivity index is 1.32. The van der Waals surface area contributed by atoms with Gasteiger partial charge in [-0.2, -0.15) is 0 Å². The van der Waals surface area contributed by atoms with E-state index in [-0.39, 0.29) is 5.91 Å². The molecular weight excluding hydrogens is 454 g/mol. The Hall–Kier alpha value is -3.06. The maximum atomic E-state index is 13.6. The highest BCUT2D eigenvalue weighted by molar-refractivity contribution is 7.22. The van der Waals surface area contributed by atoms with Crippen LogP contribution in [0.2, 0.25) is 0 Å². The monoisotopic (exact) mass is 485 g/mol. The van der Waals surface area contributed by atoms with Gasteiger partial charge < -0.3 is 4.74 Å². The van der Waals surface area contributed by atoms with Crippen LogP contribution in [0, 0.1) is 6.92 Å². The molecule has 1 aromatic heterocycles. The average Bonchev–Trinajstić information content (AvgIpc) is 3.31. The second-order valence-electron chi connectivity index (χ2n) is 9.06. The van der Waals surface area contributed by atoms with Crippen molar-refractivity contribution in [3.63, 3.8) is 0 Å². The van der Waals surface area contributed by atoms with Gasteiger partial charge in [-0.1, -0.05) is 72.0 Å². The molecule has 0 saturated carbocycles. The molecule has 5 rings (SSSR count). The molecule has 2 heterocycles. The van der Waals surface area contributed by atoms with E-state index in [1.807, 2.05) is 29.2 Å². The Morgan fingerprint density at radius 3 is 2.51 bits per heavy atom. The van der Waals surface area contributed by atoms with Crippen molar-refractivity contribution < 1.29 is 9.53 Å². The van der Waals surface area contributed by atoms with Crippen LogP contribution in [0.15, 0.2) is 72.8 Å². The van der Waals surface area contributed by atoms with Gasteiger partial charge in [-0.25, -0.2) is 4.98 Å². The maximum absolute atomic E-state index is 13.6. The second-order valence-corrected chi connectivity index (χ2v) is 10.1. The van der Waals surface area contributed by atoms with Crippen LogP contribution in [0.4, 0.5) is 5.13 Å². The molecule has 0 atom stereocenters. The topological polar surface area (TPSA) is 45.7 Å². The highest BCUT2D eigenvalue weighted by atomic mass is 32.1. The number of amides is 1. The lowest BCUT2D eigenvalue weighted by Gasteiger charge is -2.27. The molecule has 5 nitrogen and oxygen atoms in total. The number of nitrogens with zero attached hydrogens (tertiary/aromatic N) is 3. The van der Waals surface area contributed by atoms with E-state index in [0.29, 0.717) is 13.0 Å². The largest absolute Gasteiger partial charge is 0.379 e. The van der Waals surface area contributed by atoms with E-state index in [4.69, 9.17) is 9.72 Å². The van der Waals surface area contributed by atoms with Gasteiger partial charge in [-0.3, -0.25) is 14.6 Å². The van der Waals surface area contributed by atoms with E-state index in [1.165, 1.54) is 11.1 Å². The van der Waals surface area contributed by atoms with Crippen LogP contribution >= 0.6 is 11.3 Å². The average molecular weight is 486 g/mol. The smallest absolute Gasteiger partial charge is 0.233 e. The Morgan fingerprint density at radius 1 is 1.00 bits per heavy atom. The number of ether oxygens (including phenoxy) is 1. The molecule has 0 aliphatic carbocycles. The van der Waals surface area contributed by atoms with Crippen LogP contribution < -0.4 is 4.90 Å². The lowest BCUT2D eigenvalue weighted by molar-refractivity contribution is -0.118. The zero-order valence-electron chi connectivity index (χ0n) is 20.2. The standard InChI is InChI=1S/C29H31N3O2S/c1-22-8-13-26-27(20-22)35-29(30-26)32(15-5-14-31-16-18-34-19-17-31)28(33)21-23-9-11-25(12-10-23)24-6-3-2-4-7-24/h2-4,6-13,20H,5,14-19,21H2,1H3. The lowest BCUT2D eigenvalue weighted by Crippen LogP contribution is -2.39. The number of rotatable bonds is 8. The van der Waals surface area contributed by atoms with Gasteiger partial charge in [-0.15, -0.1) is 0 Å². The minimum Gasteiger partial charge on any atom is -0.379 e. The fourth-order valence-electron chi connectivity index (χ4n) is 4.46. The Kier molecular flexibility index (Phi) is 7.52. The number of anilines is 1. The molecule has 1 aliphatic rings. The summed E-state index contributed by atoms with van der Waals surface area (Å²) in [6.45, 7) is 7.21. The third-order valence-electron chi connectivity index (χ3n) is 6.44.